The smallest absolute Gasteiger partial charge is 0.264 e. The van der Waals surface area contributed by atoms with E-state index in [9.17, 15) is 13.5 Å². The third kappa shape index (κ3) is 14.6. The Morgan fingerprint density at radius 1 is 0.700 bits per heavy atom. The third-order valence-corrected chi connectivity index (χ3v) is 9.72. The van der Waals surface area contributed by atoms with Crippen LogP contribution >= 0.6 is 12.4 Å². The highest BCUT2D eigenvalue weighted by Gasteiger charge is 2.31. The molecule has 2 saturated heterocycles. The molecule has 2 aliphatic heterocycles. The van der Waals surface area contributed by atoms with Crippen LogP contribution in [0.3, 0.4) is 0 Å². The number of hydrogen-bond acceptors (Lipinski definition) is 7. The van der Waals surface area contributed by atoms with Crippen LogP contribution in [0.5, 0.6) is 0 Å². The van der Waals surface area contributed by atoms with E-state index >= 15 is 0 Å². The fourth-order valence-electron chi connectivity index (χ4n) is 6.46. The van der Waals surface area contributed by atoms with Gasteiger partial charge in [-0.1, -0.05) is 121 Å². The molecule has 0 aliphatic carbocycles. The molecule has 0 bridgehead atoms. The summed E-state index contributed by atoms with van der Waals surface area (Å²) >= 11 is 0. The molecule has 50 heavy (non-hydrogen) atoms. The number of halogens is 1. The van der Waals surface area contributed by atoms with Crippen molar-refractivity contribution in [1.29, 1.82) is 0 Å². The van der Waals surface area contributed by atoms with Crippen molar-refractivity contribution in [2.24, 2.45) is 0 Å². The number of nitrogens with zero attached hydrogens (tertiary/aromatic N) is 1. The first-order valence-electron chi connectivity index (χ1n) is 17.3. The largest absolute Gasteiger partial charge is 0.389 e. The van der Waals surface area contributed by atoms with E-state index in [2.05, 4.69) is 95.1 Å². The van der Waals surface area contributed by atoms with Crippen molar-refractivity contribution in [3.63, 3.8) is 0 Å². The second kappa shape index (κ2) is 20.1. The summed E-state index contributed by atoms with van der Waals surface area (Å²) in [4.78, 5) is 2.39. The Bertz CT molecular complexity index is 1520. The molecule has 7 nitrogen and oxygen atoms in total. The Kier molecular flexibility index (Phi) is 16.6. The number of aliphatic hydroxyl groups is 2. The van der Waals surface area contributed by atoms with E-state index in [-0.39, 0.29) is 24.9 Å². The maximum Gasteiger partial charge on any atom is 0.264 e. The summed E-state index contributed by atoms with van der Waals surface area (Å²) in [5.74, 6) is 0.562. The summed E-state index contributed by atoms with van der Waals surface area (Å²) in [5, 5.41) is 22.3. The molecule has 2 aliphatic rings. The molecule has 2 heterocycles. The number of benzene rings is 4. The first-order valence-corrected chi connectivity index (χ1v) is 19.1. The van der Waals surface area contributed by atoms with Crippen LogP contribution in [0.4, 0.5) is 0 Å². The van der Waals surface area contributed by atoms with Gasteiger partial charge in [0, 0.05) is 31.5 Å². The summed E-state index contributed by atoms with van der Waals surface area (Å²) < 4.78 is 27.0. The summed E-state index contributed by atoms with van der Waals surface area (Å²) in [6.45, 7) is 8.54. The minimum Gasteiger partial charge on any atom is -0.389 e. The van der Waals surface area contributed by atoms with Crippen molar-refractivity contribution in [3.05, 3.63) is 144 Å². The van der Waals surface area contributed by atoms with Crippen LogP contribution in [0, 0.1) is 0 Å². The highest BCUT2D eigenvalue weighted by Crippen LogP contribution is 2.30. The molecule has 6 rings (SSSR count). The molecule has 2 unspecified atom stereocenters. The predicted molar refractivity (Wildman–Crippen MR) is 207 cm³/mol. The van der Waals surface area contributed by atoms with Gasteiger partial charge in [0.05, 0.1) is 24.1 Å². The minimum absolute atomic E-state index is 0. The average molecular weight is 723 g/mol. The Labute approximate surface area is 306 Å². The normalized spacial score (nSPS) is 20.4. The quantitative estimate of drug-likeness (QED) is 0.144. The molecule has 3 N–H and O–H groups in total. The summed E-state index contributed by atoms with van der Waals surface area (Å²) in [6, 6.07) is 41.6. The number of hydrogen-bond donors (Lipinski definition) is 3. The van der Waals surface area contributed by atoms with Crippen molar-refractivity contribution < 1.29 is 22.8 Å². The van der Waals surface area contributed by atoms with E-state index in [1.54, 1.807) is 0 Å². The molecular formula is C41H55ClN2O5S. The van der Waals surface area contributed by atoms with Gasteiger partial charge in [-0.2, -0.15) is 8.42 Å². The van der Waals surface area contributed by atoms with Crippen LogP contribution < -0.4 is 5.32 Å². The molecule has 4 aromatic carbocycles. The zero-order valence-electron chi connectivity index (χ0n) is 29.7. The SMILES string of the molecule is CC1(O)CCN(CCC(c2ccccc2)c2ccccc2)C1.CC1(O)CCNC1.CS(=O)(=O)OCCC(c1ccccc1)c1ccccc1.Cl. The van der Waals surface area contributed by atoms with Gasteiger partial charge in [0.2, 0.25) is 0 Å². The Hall–Kier alpha value is -3.08. The van der Waals surface area contributed by atoms with Gasteiger partial charge < -0.3 is 20.4 Å². The maximum absolute atomic E-state index is 11.1. The van der Waals surface area contributed by atoms with E-state index in [1.807, 2.05) is 50.2 Å². The van der Waals surface area contributed by atoms with E-state index in [0.717, 1.165) is 69.4 Å². The van der Waals surface area contributed by atoms with Crippen molar-refractivity contribution >= 4 is 22.5 Å². The lowest BCUT2D eigenvalue weighted by molar-refractivity contribution is 0.0685. The van der Waals surface area contributed by atoms with Crippen molar-refractivity contribution in [2.45, 2.75) is 62.6 Å². The lowest BCUT2D eigenvalue weighted by atomic mass is 9.88. The molecule has 0 amide bonds. The van der Waals surface area contributed by atoms with E-state index in [0.29, 0.717) is 12.3 Å². The minimum atomic E-state index is -3.38. The summed E-state index contributed by atoms with van der Waals surface area (Å²) in [5.41, 5.74) is 4.15. The number of likely N-dealkylation sites (tertiary alicyclic amines) is 1. The second-order valence-corrected chi connectivity index (χ2v) is 15.4. The van der Waals surface area contributed by atoms with Crippen LogP contribution in [0.2, 0.25) is 0 Å². The van der Waals surface area contributed by atoms with Crippen LogP contribution in [0.15, 0.2) is 121 Å². The standard InChI is InChI=1S/C20H25NO.C16H18O3S.C5H11NO.ClH/c1-20(22)13-15-21(16-20)14-12-19(17-8-4-2-5-9-17)18-10-6-3-7-11-18;1-20(17,18)19-13-12-16(14-8-4-2-5-9-14)15-10-6-3-7-11-15;1-5(7)2-3-6-4-5;/h2-11,19,22H,12-16H2,1H3;2-11,16H,12-13H2,1H3;6-7H,2-4H2,1H3;1H. The molecule has 9 heteroatoms. The van der Waals surface area contributed by atoms with Gasteiger partial charge in [-0.3, -0.25) is 4.18 Å². The zero-order valence-corrected chi connectivity index (χ0v) is 31.3. The Morgan fingerprint density at radius 3 is 1.42 bits per heavy atom. The van der Waals surface area contributed by atoms with Gasteiger partial charge in [0.15, 0.2) is 0 Å². The first-order chi connectivity index (χ1) is 23.4. The highest BCUT2D eigenvalue weighted by molar-refractivity contribution is 7.85. The van der Waals surface area contributed by atoms with Crippen molar-refractivity contribution in [1.82, 2.24) is 10.2 Å². The molecule has 2 fully saturated rings. The predicted octanol–water partition coefficient (Wildman–Crippen LogP) is 7.00. The van der Waals surface area contributed by atoms with Crippen LogP contribution in [-0.2, 0) is 14.3 Å². The first kappa shape index (κ1) is 41.3. The number of β-amino-alcohol motifs (C(OH)–C–C–N with tert-alkyl or cyclic N) is 2. The van der Waals surface area contributed by atoms with Gasteiger partial charge in [-0.15, -0.1) is 12.4 Å². The van der Waals surface area contributed by atoms with Gasteiger partial charge in [0.1, 0.15) is 0 Å². The maximum atomic E-state index is 11.1. The van der Waals surface area contributed by atoms with Gasteiger partial charge in [0.25, 0.3) is 10.1 Å². The average Bonchev–Trinajstić information content (AvgIpc) is 3.67. The molecule has 272 valence electrons. The molecule has 2 atom stereocenters. The molecule has 0 aromatic heterocycles. The van der Waals surface area contributed by atoms with Crippen LogP contribution in [-0.4, -0.2) is 80.3 Å². The molecule has 0 saturated carbocycles. The van der Waals surface area contributed by atoms with E-state index in [1.165, 1.54) is 11.1 Å². The number of nitrogens with one attached hydrogen (secondary N) is 1. The third-order valence-electron chi connectivity index (χ3n) is 9.12. The molecular weight excluding hydrogens is 668 g/mol. The lowest BCUT2D eigenvalue weighted by Gasteiger charge is -2.23. The summed E-state index contributed by atoms with van der Waals surface area (Å²) in [6.07, 6.45) is 4.57. The monoisotopic (exact) mass is 722 g/mol. The molecule has 0 spiro atoms. The molecule has 0 radical (unpaired) electrons. The second-order valence-electron chi connectivity index (χ2n) is 13.8. The van der Waals surface area contributed by atoms with Crippen LogP contribution in [0.1, 0.15) is 73.6 Å². The van der Waals surface area contributed by atoms with Gasteiger partial charge >= 0.3 is 0 Å². The summed E-state index contributed by atoms with van der Waals surface area (Å²) in [7, 11) is -3.38. The lowest BCUT2D eigenvalue weighted by Crippen LogP contribution is -2.30. The van der Waals surface area contributed by atoms with Crippen LogP contribution in [0.25, 0.3) is 0 Å². The van der Waals surface area contributed by atoms with Gasteiger partial charge in [-0.25, -0.2) is 0 Å². The zero-order chi connectivity index (χ0) is 35.2. The van der Waals surface area contributed by atoms with E-state index in [4.69, 9.17) is 9.29 Å². The number of rotatable bonds is 11. The topological polar surface area (TPSA) is 99.1 Å². The Balaban J connectivity index is 0.000000224. The van der Waals surface area contributed by atoms with Gasteiger partial charge in [-0.05, 0) is 74.9 Å². The fourth-order valence-corrected chi connectivity index (χ4v) is 6.85. The van der Waals surface area contributed by atoms with Crippen molar-refractivity contribution in [2.75, 3.05) is 45.6 Å². The Morgan fingerprint density at radius 2 is 1.12 bits per heavy atom. The van der Waals surface area contributed by atoms with E-state index < -0.39 is 21.3 Å². The fraction of sp³-hybridized carbons (Fsp3) is 0.415. The molecule has 4 aromatic rings. The highest BCUT2D eigenvalue weighted by atomic mass is 35.5. The van der Waals surface area contributed by atoms with Crippen molar-refractivity contribution in [3.8, 4) is 0 Å².